The number of rotatable bonds is 7. The van der Waals surface area contributed by atoms with Gasteiger partial charge in [0.25, 0.3) is 5.91 Å². The van der Waals surface area contributed by atoms with Gasteiger partial charge in [0.15, 0.2) is 18.2 Å². The third kappa shape index (κ3) is 5.33. The van der Waals surface area contributed by atoms with Crippen molar-refractivity contribution >= 4 is 34.2 Å². The summed E-state index contributed by atoms with van der Waals surface area (Å²) in [7, 11) is 1.65. The predicted octanol–water partition coefficient (Wildman–Crippen LogP) is 2.39. The Kier molecular flexibility index (Phi) is 7.01. The summed E-state index contributed by atoms with van der Waals surface area (Å²) in [4.78, 5) is 22.7. The molecular formula is C25H28ClN5O4. The van der Waals surface area contributed by atoms with Crippen LogP contribution in [0.1, 0.15) is 17.7 Å². The average Bonchev–Trinajstić information content (AvgIpc) is 2.87. The summed E-state index contributed by atoms with van der Waals surface area (Å²) in [6.45, 7) is 2.72. The Hall–Kier alpha value is -2.98. The van der Waals surface area contributed by atoms with Crippen LogP contribution >= 0.6 is 11.6 Å². The number of hydrogen-bond donors (Lipinski definition) is 3. The fourth-order valence-corrected chi connectivity index (χ4v) is 4.87. The summed E-state index contributed by atoms with van der Waals surface area (Å²) in [6, 6.07) is 9.44. The summed E-state index contributed by atoms with van der Waals surface area (Å²) in [5.74, 6) is 1.57. The molecule has 1 amide bonds. The minimum absolute atomic E-state index is 0.00876. The average molecular weight is 498 g/mol. The quantitative estimate of drug-likeness (QED) is 0.456. The van der Waals surface area contributed by atoms with Crippen molar-refractivity contribution in [2.75, 3.05) is 38.7 Å². The summed E-state index contributed by atoms with van der Waals surface area (Å²) in [5, 5.41) is 18.5. The highest BCUT2D eigenvalue weighted by Gasteiger charge is 2.27. The number of fused-ring (bicyclic) bond motifs is 2. The van der Waals surface area contributed by atoms with Crippen LogP contribution in [-0.4, -0.2) is 71.4 Å². The molecule has 10 heteroatoms. The number of amides is 1. The van der Waals surface area contributed by atoms with E-state index in [1.54, 1.807) is 19.4 Å². The van der Waals surface area contributed by atoms with Gasteiger partial charge in [0.05, 0.1) is 29.4 Å². The number of carbonyl (C=O) groups excluding carboxylic acids is 1. The standard InChI is InChI=1S/C25H28ClN5O4/c1-34-16-3-4-20-18(10-16)17(19(26)12-28-20)6-8-31-9-7-21(22(32)13-31)27-11-15-2-5-23-25(29-15)30-24(33)14-35-23/h2-5,10,12,21-22,27,32H,6-9,11,13-14H2,1H3,(H,29,30,33). The number of nitrogens with one attached hydrogen (secondary N) is 2. The van der Waals surface area contributed by atoms with Gasteiger partial charge in [-0.3, -0.25) is 9.78 Å². The fourth-order valence-electron chi connectivity index (χ4n) is 4.63. The number of β-amino-alcohol motifs (C(OH)–C–C–N with tert-alkyl or cyclic N) is 1. The molecule has 2 unspecified atom stereocenters. The van der Waals surface area contributed by atoms with Gasteiger partial charge in [-0.05, 0) is 55.3 Å². The number of aliphatic hydroxyl groups is 1. The van der Waals surface area contributed by atoms with Crippen LogP contribution < -0.4 is 20.1 Å². The van der Waals surface area contributed by atoms with E-state index in [-0.39, 0.29) is 18.6 Å². The summed E-state index contributed by atoms with van der Waals surface area (Å²) in [6.07, 6.45) is 2.75. The normalized spacial score (nSPS) is 20.3. The molecule has 0 saturated carbocycles. The van der Waals surface area contributed by atoms with Crippen LogP contribution in [-0.2, 0) is 17.8 Å². The van der Waals surface area contributed by atoms with Crippen LogP contribution in [0.3, 0.4) is 0 Å². The van der Waals surface area contributed by atoms with Crippen LogP contribution in [0.25, 0.3) is 10.9 Å². The molecule has 2 atom stereocenters. The number of benzene rings is 1. The summed E-state index contributed by atoms with van der Waals surface area (Å²) in [5.41, 5.74) is 2.70. The van der Waals surface area contributed by atoms with Crippen molar-refractivity contribution in [1.82, 2.24) is 20.2 Å². The number of ether oxygens (including phenoxy) is 2. The van der Waals surface area contributed by atoms with Crippen LogP contribution in [0.5, 0.6) is 11.5 Å². The Morgan fingerprint density at radius 1 is 1.34 bits per heavy atom. The number of piperidine rings is 1. The van der Waals surface area contributed by atoms with E-state index in [1.165, 1.54) is 0 Å². The molecule has 35 heavy (non-hydrogen) atoms. The van der Waals surface area contributed by atoms with Crippen molar-refractivity contribution in [3.05, 3.63) is 52.8 Å². The SMILES string of the molecule is COc1ccc2ncc(Cl)c(CCN3CCC(NCc4ccc5c(n4)NC(=O)CO5)C(O)C3)c2c1. The lowest BCUT2D eigenvalue weighted by atomic mass is 10.00. The number of carbonyl (C=O) groups is 1. The van der Waals surface area contributed by atoms with Gasteiger partial charge in [-0.1, -0.05) is 11.6 Å². The van der Waals surface area contributed by atoms with Gasteiger partial charge in [0, 0.05) is 37.3 Å². The minimum Gasteiger partial charge on any atom is -0.497 e. The monoisotopic (exact) mass is 497 g/mol. The lowest BCUT2D eigenvalue weighted by Crippen LogP contribution is -2.52. The molecule has 0 spiro atoms. The van der Waals surface area contributed by atoms with Gasteiger partial charge in [-0.2, -0.15) is 0 Å². The highest BCUT2D eigenvalue weighted by atomic mass is 35.5. The molecule has 9 nitrogen and oxygen atoms in total. The second-order valence-corrected chi connectivity index (χ2v) is 9.26. The zero-order valence-corrected chi connectivity index (χ0v) is 20.2. The largest absolute Gasteiger partial charge is 0.497 e. The van der Waals surface area contributed by atoms with Crippen molar-refractivity contribution in [3.8, 4) is 11.5 Å². The Bertz CT molecular complexity index is 1240. The van der Waals surface area contributed by atoms with Gasteiger partial charge >= 0.3 is 0 Å². The first kappa shape index (κ1) is 23.7. The molecule has 5 rings (SSSR count). The maximum absolute atomic E-state index is 11.5. The number of aliphatic hydroxyl groups excluding tert-OH is 1. The molecule has 184 valence electrons. The zero-order chi connectivity index (χ0) is 24.4. The van der Waals surface area contributed by atoms with Gasteiger partial charge in [-0.25, -0.2) is 4.98 Å². The van der Waals surface area contributed by atoms with Gasteiger partial charge in [0.1, 0.15) is 5.75 Å². The fraction of sp³-hybridized carbons (Fsp3) is 0.400. The second-order valence-electron chi connectivity index (χ2n) is 8.85. The number of aromatic nitrogens is 2. The topological polar surface area (TPSA) is 109 Å². The van der Waals surface area contributed by atoms with Crippen molar-refractivity contribution in [3.63, 3.8) is 0 Å². The maximum Gasteiger partial charge on any atom is 0.263 e. The molecule has 2 aliphatic heterocycles. The highest BCUT2D eigenvalue weighted by Crippen LogP contribution is 2.29. The number of pyridine rings is 2. The molecule has 1 aromatic carbocycles. The van der Waals surface area contributed by atoms with Gasteiger partial charge in [0.2, 0.25) is 0 Å². The van der Waals surface area contributed by atoms with E-state index >= 15 is 0 Å². The number of likely N-dealkylation sites (tertiary alicyclic amines) is 1. The van der Waals surface area contributed by atoms with Crippen LogP contribution in [0.4, 0.5) is 5.82 Å². The van der Waals surface area contributed by atoms with Gasteiger partial charge < -0.3 is 30.1 Å². The predicted molar refractivity (Wildman–Crippen MR) is 133 cm³/mol. The van der Waals surface area contributed by atoms with Crippen LogP contribution in [0.15, 0.2) is 36.5 Å². The molecule has 0 radical (unpaired) electrons. The Labute approximate surface area is 208 Å². The van der Waals surface area contributed by atoms with Crippen molar-refractivity contribution in [1.29, 1.82) is 0 Å². The molecule has 1 fully saturated rings. The third-order valence-corrected chi connectivity index (χ3v) is 6.88. The van der Waals surface area contributed by atoms with Crippen molar-refractivity contribution in [2.45, 2.75) is 31.5 Å². The molecule has 0 bridgehead atoms. The summed E-state index contributed by atoms with van der Waals surface area (Å²) < 4.78 is 10.7. The number of halogens is 1. The zero-order valence-electron chi connectivity index (χ0n) is 19.5. The molecule has 1 saturated heterocycles. The molecular weight excluding hydrogens is 470 g/mol. The van der Waals surface area contributed by atoms with E-state index < -0.39 is 6.10 Å². The van der Waals surface area contributed by atoms with Crippen molar-refractivity contribution < 1.29 is 19.4 Å². The molecule has 0 aliphatic carbocycles. The number of anilines is 1. The summed E-state index contributed by atoms with van der Waals surface area (Å²) >= 11 is 6.50. The van der Waals surface area contributed by atoms with E-state index in [2.05, 4.69) is 25.5 Å². The Balaban J connectivity index is 1.16. The van der Waals surface area contributed by atoms with E-state index in [1.807, 2.05) is 24.3 Å². The Morgan fingerprint density at radius 2 is 2.23 bits per heavy atom. The van der Waals surface area contributed by atoms with E-state index in [4.69, 9.17) is 21.1 Å². The molecule has 2 aliphatic rings. The molecule has 3 aromatic rings. The van der Waals surface area contributed by atoms with E-state index in [0.717, 1.165) is 53.8 Å². The van der Waals surface area contributed by atoms with E-state index in [0.29, 0.717) is 29.7 Å². The lowest BCUT2D eigenvalue weighted by molar-refractivity contribution is -0.118. The first-order valence-corrected chi connectivity index (χ1v) is 12.1. The molecule has 4 heterocycles. The number of hydrogen-bond acceptors (Lipinski definition) is 8. The van der Waals surface area contributed by atoms with Gasteiger partial charge in [-0.15, -0.1) is 0 Å². The minimum atomic E-state index is -0.505. The van der Waals surface area contributed by atoms with Crippen LogP contribution in [0.2, 0.25) is 5.02 Å². The number of nitrogens with zero attached hydrogens (tertiary/aromatic N) is 3. The van der Waals surface area contributed by atoms with E-state index in [9.17, 15) is 9.90 Å². The molecule has 3 N–H and O–H groups in total. The maximum atomic E-state index is 11.5. The smallest absolute Gasteiger partial charge is 0.263 e. The Morgan fingerprint density at radius 3 is 3.06 bits per heavy atom. The number of methoxy groups -OCH3 is 1. The van der Waals surface area contributed by atoms with Crippen LogP contribution in [0, 0.1) is 0 Å². The lowest BCUT2D eigenvalue weighted by Gasteiger charge is -2.36. The third-order valence-electron chi connectivity index (χ3n) is 6.56. The first-order valence-electron chi connectivity index (χ1n) is 11.7. The second kappa shape index (κ2) is 10.3. The first-order chi connectivity index (χ1) is 17.0. The van der Waals surface area contributed by atoms with Crippen molar-refractivity contribution in [2.24, 2.45) is 0 Å². The highest BCUT2D eigenvalue weighted by molar-refractivity contribution is 6.32. The molecule has 2 aromatic heterocycles.